The fourth-order valence-corrected chi connectivity index (χ4v) is 2.02. The molecule has 1 aromatic carbocycles. The second-order valence-corrected chi connectivity index (χ2v) is 4.10. The van der Waals surface area contributed by atoms with Gasteiger partial charge in [0.25, 0.3) is 0 Å². The molecule has 0 radical (unpaired) electrons. The van der Waals surface area contributed by atoms with Crippen LogP contribution in [-0.2, 0) is 6.42 Å². The van der Waals surface area contributed by atoms with Crippen molar-refractivity contribution in [2.75, 3.05) is 0 Å². The number of benzene rings is 1. The Balaban J connectivity index is 2.51. The highest BCUT2D eigenvalue weighted by Gasteiger charge is 2.07. The Morgan fingerprint density at radius 3 is 2.71 bits per heavy atom. The minimum absolute atomic E-state index is 0.962. The molecule has 2 rings (SSSR count). The number of aromatic nitrogens is 1. The van der Waals surface area contributed by atoms with Crippen LogP contribution in [0.5, 0.6) is 0 Å². The van der Waals surface area contributed by atoms with Gasteiger partial charge >= 0.3 is 0 Å². The van der Waals surface area contributed by atoms with Crippen molar-refractivity contribution in [3.8, 4) is 11.3 Å². The van der Waals surface area contributed by atoms with Gasteiger partial charge in [-0.15, -0.1) is 0 Å². The SMILES string of the molecule is C/C=C\Cc1cccc(C)c1-c1ccccn1. The highest BCUT2D eigenvalue weighted by atomic mass is 14.7. The number of hydrogen-bond acceptors (Lipinski definition) is 1. The molecule has 17 heavy (non-hydrogen) atoms. The van der Waals surface area contributed by atoms with Crippen LogP contribution in [0.3, 0.4) is 0 Å². The molecule has 0 bridgehead atoms. The van der Waals surface area contributed by atoms with Crippen LogP contribution in [0.15, 0.2) is 54.7 Å². The molecule has 1 heteroatoms. The summed E-state index contributed by atoms with van der Waals surface area (Å²) in [4.78, 5) is 4.45. The van der Waals surface area contributed by atoms with Gasteiger partial charge in [-0.25, -0.2) is 0 Å². The van der Waals surface area contributed by atoms with Gasteiger partial charge in [0, 0.05) is 11.8 Å². The lowest BCUT2D eigenvalue weighted by Crippen LogP contribution is -1.93. The number of hydrogen-bond donors (Lipinski definition) is 0. The van der Waals surface area contributed by atoms with E-state index >= 15 is 0 Å². The fraction of sp³-hybridized carbons (Fsp3) is 0.188. The molecule has 1 aromatic heterocycles. The van der Waals surface area contributed by atoms with E-state index in [2.05, 4.69) is 55.2 Å². The number of allylic oxidation sites excluding steroid dienone is 2. The third-order valence-corrected chi connectivity index (χ3v) is 2.85. The van der Waals surface area contributed by atoms with Gasteiger partial charge in [-0.1, -0.05) is 36.4 Å². The van der Waals surface area contributed by atoms with E-state index < -0.39 is 0 Å². The van der Waals surface area contributed by atoms with Gasteiger partial charge < -0.3 is 0 Å². The van der Waals surface area contributed by atoms with E-state index in [0.29, 0.717) is 0 Å². The van der Waals surface area contributed by atoms with Crippen molar-refractivity contribution in [3.05, 3.63) is 65.9 Å². The van der Waals surface area contributed by atoms with Gasteiger partial charge in [0.05, 0.1) is 5.69 Å². The maximum Gasteiger partial charge on any atom is 0.0707 e. The predicted molar refractivity (Wildman–Crippen MR) is 72.9 cm³/mol. The molecule has 0 unspecified atom stereocenters. The first kappa shape index (κ1) is 11.6. The molecule has 86 valence electrons. The quantitative estimate of drug-likeness (QED) is 0.711. The Labute approximate surface area is 103 Å². The van der Waals surface area contributed by atoms with E-state index in [4.69, 9.17) is 0 Å². The molecule has 1 heterocycles. The lowest BCUT2D eigenvalue weighted by atomic mass is 9.96. The van der Waals surface area contributed by atoms with Crippen LogP contribution < -0.4 is 0 Å². The zero-order valence-electron chi connectivity index (χ0n) is 10.4. The molecule has 0 saturated carbocycles. The van der Waals surface area contributed by atoms with Crippen molar-refractivity contribution in [2.24, 2.45) is 0 Å². The fourth-order valence-electron chi connectivity index (χ4n) is 2.02. The number of nitrogens with zero attached hydrogens (tertiary/aromatic N) is 1. The largest absolute Gasteiger partial charge is 0.256 e. The van der Waals surface area contributed by atoms with Crippen LogP contribution in [0.4, 0.5) is 0 Å². The van der Waals surface area contributed by atoms with Crippen LogP contribution in [0, 0.1) is 6.92 Å². The van der Waals surface area contributed by atoms with Gasteiger partial charge in [-0.05, 0) is 43.5 Å². The number of aryl methyl sites for hydroxylation is 1. The van der Waals surface area contributed by atoms with Crippen LogP contribution in [0.25, 0.3) is 11.3 Å². The van der Waals surface area contributed by atoms with Crippen molar-refractivity contribution in [1.82, 2.24) is 4.98 Å². The topological polar surface area (TPSA) is 12.9 Å². The first-order chi connectivity index (χ1) is 8.33. The molecular weight excluding hydrogens is 206 g/mol. The molecule has 1 nitrogen and oxygen atoms in total. The van der Waals surface area contributed by atoms with Crippen molar-refractivity contribution >= 4 is 0 Å². The summed E-state index contributed by atoms with van der Waals surface area (Å²) in [6.07, 6.45) is 7.08. The summed E-state index contributed by atoms with van der Waals surface area (Å²) in [5.41, 5.74) is 4.95. The Morgan fingerprint density at radius 1 is 1.12 bits per heavy atom. The summed E-state index contributed by atoms with van der Waals surface area (Å²) < 4.78 is 0. The molecular formula is C16H17N. The van der Waals surface area contributed by atoms with Crippen LogP contribution in [0.2, 0.25) is 0 Å². The highest BCUT2D eigenvalue weighted by Crippen LogP contribution is 2.26. The molecule has 0 aliphatic carbocycles. The standard InChI is InChI=1S/C16H17N/c1-3-4-9-14-10-7-8-13(2)16(14)15-11-5-6-12-17-15/h3-8,10-12H,9H2,1-2H3/b4-3-. The molecule has 0 aliphatic heterocycles. The molecule has 0 spiro atoms. The second-order valence-electron chi connectivity index (χ2n) is 4.10. The predicted octanol–water partition coefficient (Wildman–Crippen LogP) is 4.18. The second kappa shape index (κ2) is 5.44. The first-order valence-electron chi connectivity index (χ1n) is 5.94. The average molecular weight is 223 g/mol. The van der Waals surface area contributed by atoms with Gasteiger partial charge in [-0.3, -0.25) is 4.98 Å². The van der Waals surface area contributed by atoms with Gasteiger partial charge in [0.1, 0.15) is 0 Å². The average Bonchev–Trinajstić information content (AvgIpc) is 2.37. The van der Waals surface area contributed by atoms with E-state index in [1.807, 2.05) is 18.3 Å². The van der Waals surface area contributed by atoms with Gasteiger partial charge in [-0.2, -0.15) is 0 Å². The zero-order chi connectivity index (χ0) is 12.1. The maximum atomic E-state index is 4.45. The third-order valence-electron chi connectivity index (χ3n) is 2.85. The first-order valence-corrected chi connectivity index (χ1v) is 5.94. The molecule has 0 amide bonds. The van der Waals surface area contributed by atoms with E-state index in [0.717, 1.165) is 12.1 Å². The van der Waals surface area contributed by atoms with E-state index in [1.54, 1.807) is 0 Å². The van der Waals surface area contributed by atoms with Crippen LogP contribution in [0.1, 0.15) is 18.1 Å². The van der Waals surface area contributed by atoms with Crippen molar-refractivity contribution in [3.63, 3.8) is 0 Å². The third kappa shape index (κ3) is 2.62. The zero-order valence-corrected chi connectivity index (χ0v) is 10.4. The lowest BCUT2D eigenvalue weighted by Gasteiger charge is -2.10. The summed E-state index contributed by atoms with van der Waals surface area (Å²) in [6, 6.07) is 12.5. The van der Waals surface area contributed by atoms with Crippen molar-refractivity contribution < 1.29 is 0 Å². The maximum absolute atomic E-state index is 4.45. The minimum Gasteiger partial charge on any atom is -0.256 e. The highest BCUT2D eigenvalue weighted by molar-refractivity contribution is 5.67. The van der Waals surface area contributed by atoms with Gasteiger partial charge in [0.2, 0.25) is 0 Å². The molecule has 0 saturated heterocycles. The normalized spacial score (nSPS) is 10.9. The van der Waals surface area contributed by atoms with Crippen LogP contribution >= 0.6 is 0 Å². The molecule has 0 fully saturated rings. The Morgan fingerprint density at radius 2 is 2.00 bits per heavy atom. The Bertz CT molecular complexity index is 512. The van der Waals surface area contributed by atoms with E-state index in [1.165, 1.54) is 16.7 Å². The number of rotatable bonds is 3. The summed E-state index contributed by atoms with van der Waals surface area (Å²) >= 11 is 0. The molecule has 0 N–H and O–H groups in total. The van der Waals surface area contributed by atoms with Gasteiger partial charge in [0.15, 0.2) is 0 Å². The van der Waals surface area contributed by atoms with Crippen molar-refractivity contribution in [1.29, 1.82) is 0 Å². The van der Waals surface area contributed by atoms with E-state index in [-0.39, 0.29) is 0 Å². The summed E-state index contributed by atoms with van der Waals surface area (Å²) in [5, 5.41) is 0. The number of pyridine rings is 1. The minimum atomic E-state index is 0.962. The Hall–Kier alpha value is -1.89. The lowest BCUT2D eigenvalue weighted by molar-refractivity contribution is 1.21. The van der Waals surface area contributed by atoms with E-state index in [9.17, 15) is 0 Å². The monoisotopic (exact) mass is 223 g/mol. The summed E-state index contributed by atoms with van der Waals surface area (Å²) in [6.45, 7) is 4.19. The van der Waals surface area contributed by atoms with Crippen LogP contribution in [-0.4, -0.2) is 4.98 Å². The molecule has 2 aromatic rings. The smallest absolute Gasteiger partial charge is 0.0707 e. The van der Waals surface area contributed by atoms with Crippen molar-refractivity contribution in [2.45, 2.75) is 20.3 Å². The summed E-state index contributed by atoms with van der Waals surface area (Å²) in [5.74, 6) is 0. The molecule has 0 aliphatic rings. The Kier molecular flexibility index (Phi) is 3.71. The summed E-state index contributed by atoms with van der Waals surface area (Å²) in [7, 11) is 0. The molecule has 0 atom stereocenters.